The van der Waals surface area contributed by atoms with Crippen LogP contribution >= 0.6 is 45.3 Å². The molecule has 216 valence electrons. The number of hydrogen-bond donors (Lipinski definition) is 0. The molecule has 2 spiro atoms. The average Bonchev–Trinajstić information content (AvgIpc) is 3.83. The maximum absolute atomic E-state index is 9.35. The number of aliphatic imine (C=N–C) groups is 2. The molecule has 0 unspecified atom stereocenters. The Bertz CT molecular complexity index is 1920. The van der Waals surface area contributed by atoms with Crippen LogP contribution in [0.3, 0.4) is 0 Å². The number of ether oxygens (including phenoxy) is 2. The summed E-state index contributed by atoms with van der Waals surface area (Å²) in [5.41, 5.74) is 1.00. The van der Waals surface area contributed by atoms with E-state index in [1.807, 2.05) is 36.4 Å². The minimum Gasteiger partial charge on any atom is -0.479 e. The quantitative estimate of drug-likeness (QED) is 0.198. The van der Waals surface area contributed by atoms with Crippen molar-refractivity contribution in [3.8, 4) is 55.3 Å². The first-order valence-corrected chi connectivity index (χ1v) is 17.8. The van der Waals surface area contributed by atoms with Crippen LogP contribution in [0.25, 0.3) is 28.9 Å². The van der Waals surface area contributed by atoms with Crippen LogP contribution in [0.15, 0.2) is 22.1 Å². The molecule has 0 bridgehead atoms. The predicted octanol–water partition coefficient (Wildman–Crippen LogP) is 9.76. The highest BCUT2D eigenvalue weighted by Gasteiger charge is 2.48. The van der Waals surface area contributed by atoms with Gasteiger partial charge in [0.2, 0.25) is 11.4 Å². The Morgan fingerprint density at radius 3 is 1.32 bits per heavy atom. The van der Waals surface area contributed by atoms with E-state index in [0.29, 0.717) is 10.0 Å². The molecule has 0 aromatic carbocycles. The molecule has 2 aliphatic heterocycles. The summed E-state index contributed by atoms with van der Waals surface area (Å²) in [4.78, 5) is 13.1. The standard InChI is InChI=1S/C32H22N6O2S4/c33-13-17(14-34)37-21-11-19-25(41-21)27-23(39-31(19)7-3-1-4-8-31)29-30(43-27)24-28(44-29)26-20(32(40-24)9-5-2-6-10-32)12-22(42-26)38-18(15-35)16-36/h11-12H,1-10H2. The Balaban J connectivity index is 1.33. The summed E-state index contributed by atoms with van der Waals surface area (Å²) < 4.78 is 16.4. The summed E-state index contributed by atoms with van der Waals surface area (Å²) in [6.07, 6.45) is 10.2. The van der Waals surface area contributed by atoms with E-state index in [1.165, 1.54) is 35.5 Å². The number of thiophene rings is 4. The Kier molecular flexibility index (Phi) is 6.42. The maximum atomic E-state index is 9.35. The molecular formula is C32H22N6O2S4. The van der Waals surface area contributed by atoms with Gasteiger partial charge in [-0.1, -0.05) is 12.8 Å². The highest BCUT2D eigenvalue weighted by molar-refractivity contribution is 7.35. The molecule has 2 fully saturated rings. The van der Waals surface area contributed by atoms with Gasteiger partial charge in [-0.25, -0.2) is 9.98 Å². The van der Waals surface area contributed by atoms with E-state index in [2.05, 4.69) is 9.98 Å². The van der Waals surface area contributed by atoms with E-state index in [9.17, 15) is 21.0 Å². The van der Waals surface area contributed by atoms with Crippen LogP contribution < -0.4 is 9.47 Å². The average molecular weight is 651 g/mol. The van der Waals surface area contributed by atoms with Gasteiger partial charge in [-0.2, -0.15) is 21.0 Å². The largest absolute Gasteiger partial charge is 0.479 e. The normalized spacial score (nSPS) is 18.2. The van der Waals surface area contributed by atoms with E-state index in [1.54, 1.807) is 22.7 Å². The molecule has 4 aromatic heterocycles. The summed E-state index contributed by atoms with van der Waals surface area (Å²) in [6, 6.07) is 11.6. The van der Waals surface area contributed by atoms with Gasteiger partial charge in [0, 0.05) is 11.1 Å². The molecule has 8 rings (SSSR count). The molecule has 2 saturated carbocycles. The fourth-order valence-electron chi connectivity index (χ4n) is 7.12. The molecule has 44 heavy (non-hydrogen) atoms. The second kappa shape index (κ2) is 10.3. The van der Waals surface area contributed by atoms with Gasteiger partial charge in [-0.05, 0) is 63.5 Å². The first-order valence-electron chi connectivity index (χ1n) is 14.6. The molecular weight excluding hydrogens is 629 g/mol. The second-order valence-electron chi connectivity index (χ2n) is 11.5. The van der Waals surface area contributed by atoms with Crippen LogP contribution in [-0.2, 0) is 11.2 Å². The van der Waals surface area contributed by atoms with E-state index in [4.69, 9.17) is 9.47 Å². The van der Waals surface area contributed by atoms with Crippen molar-refractivity contribution in [1.82, 2.24) is 0 Å². The smallest absolute Gasteiger partial charge is 0.219 e. The molecule has 6 heterocycles. The van der Waals surface area contributed by atoms with Crippen LogP contribution in [0.5, 0.6) is 11.5 Å². The zero-order chi connectivity index (χ0) is 30.1. The lowest BCUT2D eigenvalue weighted by atomic mass is 9.78. The van der Waals surface area contributed by atoms with Crippen LogP contribution in [0.4, 0.5) is 10.0 Å². The molecule has 12 heteroatoms. The van der Waals surface area contributed by atoms with E-state index >= 15 is 0 Å². The van der Waals surface area contributed by atoms with Gasteiger partial charge in [0.15, 0.2) is 11.5 Å². The molecule has 0 saturated heterocycles. The molecule has 2 aliphatic carbocycles. The number of fused-ring (bicyclic) bond motifs is 11. The van der Waals surface area contributed by atoms with Crippen molar-refractivity contribution in [1.29, 1.82) is 21.0 Å². The fourth-order valence-corrected chi connectivity index (χ4v) is 12.3. The zero-order valence-electron chi connectivity index (χ0n) is 23.4. The number of rotatable bonds is 2. The third-order valence-electron chi connectivity index (χ3n) is 9.06. The van der Waals surface area contributed by atoms with Gasteiger partial charge < -0.3 is 9.47 Å². The lowest BCUT2D eigenvalue weighted by Gasteiger charge is -2.40. The van der Waals surface area contributed by atoms with Crippen molar-refractivity contribution >= 4 is 76.2 Å². The topological polar surface area (TPSA) is 138 Å². The van der Waals surface area contributed by atoms with Crippen molar-refractivity contribution in [3.63, 3.8) is 0 Å². The summed E-state index contributed by atoms with van der Waals surface area (Å²) in [5.74, 6) is 1.79. The molecule has 8 nitrogen and oxygen atoms in total. The summed E-state index contributed by atoms with van der Waals surface area (Å²) in [7, 11) is 0. The van der Waals surface area contributed by atoms with Gasteiger partial charge in [-0.15, -0.1) is 45.3 Å². The number of hydrogen-bond acceptors (Lipinski definition) is 12. The lowest BCUT2D eigenvalue weighted by Crippen LogP contribution is -2.37. The third kappa shape index (κ3) is 3.99. The van der Waals surface area contributed by atoms with Gasteiger partial charge in [-0.3, -0.25) is 0 Å². The van der Waals surface area contributed by atoms with E-state index in [-0.39, 0.29) is 11.4 Å². The van der Waals surface area contributed by atoms with Crippen LogP contribution in [0, 0.1) is 45.3 Å². The second-order valence-corrected chi connectivity index (χ2v) is 15.6. The van der Waals surface area contributed by atoms with E-state index < -0.39 is 11.2 Å². The van der Waals surface area contributed by atoms with Crippen LogP contribution in [-0.4, -0.2) is 11.4 Å². The molecule has 0 radical (unpaired) electrons. The maximum Gasteiger partial charge on any atom is 0.219 e. The van der Waals surface area contributed by atoms with Gasteiger partial charge >= 0.3 is 0 Å². The lowest BCUT2D eigenvalue weighted by molar-refractivity contribution is 0.0258. The minimum atomic E-state index is -0.463. The molecule has 4 aromatic rings. The summed E-state index contributed by atoms with van der Waals surface area (Å²) >= 11 is 6.42. The highest BCUT2D eigenvalue weighted by Crippen LogP contribution is 2.67. The fraction of sp³-hybridized carbons (Fsp3) is 0.375. The molecule has 0 amide bonds. The van der Waals surface area contributed by atoms with Gasteiger partial charge in [0.1, 0.15) is 45.5 Å². The summed E-state index contributed by atoms with van der Waals surface area (Å²) in [6.45, 7) is 0. The summed E-state index contributed by atoms with van der Waals surface area (Å²) in [5, 5.41) is 38.7. The number of nitriles is 4. The first kappa shape index (κ1) is 27.5. The van der Waals surface area contributed by atoms with Crippen molar-refractivity contribution in [2.45, 2.75) is 75.4 Å². The van der Waals surface area contributed by atoms with Crippen molar-refractivity contribution in [3.05, 3.63) is 23.3 Å². The highest BCUT2D eigenvalue weighted by atomic mass is 32.1. The monoisotopic (exact) mass is 650 g/mol. The van der Waals surface area contributed by atoms with Crippen molar-refractivity contribution in [2.24, 2.45) is 9.98 Å². The molecule has 0 N–H and O–H groups in total. The Morgan fingerprint density at radius 1 is 0.568 bits per heavy atom. The zero-order valence-corrected chi connectivity index (χ0v) is 26.6. The van der Waals surface area contributed by atoms with Crippen LogP contribution in [0.2, 0.25) is 0 Å². The Morgan fingerprint density at radius 2 is 0.955 bits per heavy atom. The molecule has 4 aliphatic rings. The van der Waals surface area contributed by atoms with Crippen molar-refractivity contribution in [2.75, 3.05) is 0 Å². The SMILES string of the molecule is N#CC(C#N)=Nc1cc2c(s1)-c1sc3c4c(sc3c1OC21CCCCC1)-c1sc(N=C(C#N)C#N)cc1C1(CCCCC1)O4. The minimum absolute atomic E-state index is 0.151. The van der Waals surface area contributed by atoms with E-state index in [0.717, 1.165) is 103 Å². The Labute approximate surface area is 269 Å². The first-order chi connectivity index (χ1) is 21.5. The number of nitrogens with zero attached hydrogens (tertiary/aromatic N) is 6. The van der Waals surface area contributed by atoms with Gasteiger partial charge in [0.05, 0.1) is 28.9 Å². The third-order valence-corrected chi connectivity index (χ3v) is 13.9. The van der Waals surface area contributed by atoms with Crippen LogP contribution in [0.1, 0.15) is 75.3 Å². The molecule has 0 atom stereocenters. The van der Waals surface area contributed by atoms with Gasteiger partial charge in [0.25, 0.3) is 0 Å². The Hall–Kier alpha value is -4.04. The predicted molar refractivity (Wildman–Crippen MR) is 174 cm³/mol. The van der Waals surface area contributed by atoms with Crippen molar-refractivity contribution < 1.29 is 9.47 Å².